The van der Waals surface area contributed by atoms with Gasteiger partial charge in [-0.15, -0.1) is 0 Å². The summed E-state index contributed by atoms with van der Waals surface area (Å²) in [5.41, 5.74) is -0.216. The molecule has 0 spiro atoms. The zero-order valence-corrected chi connectivity index (χ0v) is 13.7. The van der Waals surface area contributed by atoms with E-state index in [9.17, 15) is 24.3 Å². The van der Waals surface area contributed by atoms with Crippen LogP contribution in [0.3, 0.4) is 0 Å². The van der Waals surface area contributed by atoms with Crippen LogP contribution in [0.15, 0.2) is 24.3 Å². The molecule has 2 fully saturated rings. The van der Waals surface area contributed by atoms with Crippen LogP contribution in [-0.2, 0) is 19.1 Å². The topological polar surface area (TPSA) is 130 Å². The van der Waals surface area contributed by atoms with Crippen LogP contribution < -0.4 is 5.32 Å². The highest BCUT2D eigenvalue weighted by molar-refractivity contribution is 6.01. The number of carboxylic acids is 1. The lowest BCUT2D eigenvalue weighted by Gasteiger charge is -2.33. The summed E-state index contributed by atoms with van der Waals surface area (Å²) in [5.74, 6) is -1.75. The quantitative estimate of drug-likeness (QED) is 0.535. The fraction of sp³-hybridized carbons (Fsp3) is 0.412. The minimum atomic E-state index is -1.08. The molecule has 0 aliphatic carbocycles. The van der Waals surface area contributed by atoms with E-state index in [2.05, 4.69) is 5.32 Å². The molecule has 1 aromatic rings. The Kier molecular flexibility index (Phi) is 5.53. The zero-order valence-electron chi connectivity index (χ0n) is 13.7. The van der Waals surface area contributed by atoms with Crippen molar-refractivity contribution in [1.82, 2.24) is 5.32 Å². The second kappa shape index (κ2) is 7.43. The molecule has 0 saturated carbocycles. The number of imide groups is 1. The van der Waals surface area contributed by atoms with Gasteiger partial charge in [0.05, 0.1) is 17.6 Å². The van der Waals surface area contributed by atoms with E-state index < -0.39 is 23.6 Å². The third-order valence-electron chi connectivity index (χ3n) is 3.81. The molecule has 1 aromatic carbocycles. The Morgan fingerprint density at radius 2 is 1.72 bits per heavy atom. The normalized spacial score (nSPS) is 25.5. The van der Waals surface area contributed by atoms with Gasteiger partial charge in [0.25, 0.3) is 0 Å². The Hall–Kier alpha value is -2.74. The van der Waals surface area contributed by atoms with Crippen LogP contribution in [0.25, 0.3) is 0 Å². The van der Waals surface area contributed by atoms with Gasteiger partial charge in [-0.1, -0.05) is 12.1 Å². The highest BCUT2D eigenvalue weighted by Gasteiger charge is 2.36. The predicted molar refractivity (Wildman–Crippen MR) is 84.5 cm³/mol. The minimum Gasteiger partial charge on any atom is -0.478 e. The van der Waals surface area contributed by atoms with Gasteiger partial charge in [-0.05, 0) is 24.6 Å². The van der Waals surface area contributed by atoms with Gasteiger partial charge in [0, 0.05) is 19.3 Å². The van der Waals surface area contributed by atoms with Crippen LogP contribution >= 0.6 is 0 Å². The molecule has 8 nitrogen and oxygen atoms in total. The lowest BCUT2D eigenvalue weighted by atomic mass is 9.89. The van der Waals surface area contributed by atoms with Crippen molar-refractivity contribution in [3.05, 3.63) is 35.4 Å². The van der Waals surface area contributed by atoms with E-state index in [-0.39, 0.29) is 23.8 Å². The first-order chi connectivity index (χ1) is 11.7. The zero-order chi connectivity index (χ0) is 18.6. The lowest BCUT2D eigenvalue weighted by molar-refractivity contribution is -0.168. The number of carbonyl (C=O) groups excluding carboxylic acids is 3. The summed E-state index contributed by atoms with van der Waals surface area (Å²) >= 11 is 0. The van der Waals surface area contributed by atoms with Gasteiger partial charge in [0.15, 0.2) is 0 Å². The number of hydrogen-bond donors (Lipinski definition) is 3. The van der Waals surface area contributed by atoms with Crippen molar-refractivity contribution in [2.24, 2.45) is 0 Å². The summed E-state index contributed by atoms with van der Waals surface area (Å²) in [4.78, 5) is 42.3. The van der Waals surface area contributed by atoms with Crippen molar-refractivity contribution in [3.63, 3.8) is 0 Å². The number of ether oxygens (including phenoxy) is 1. The van der Waals surface area contributed by atoms with E-state index in [0.717, 1.165) is 0 Å². The Balaban J connectivity index is 0.000000269. The third-order valence-corrected chi connectivity index (χ3v) is 3.81. The molecule has 134 valence electrons. The van der Waals surface area contributed by atoms with Gasteiger partial charge >= 0.3 is 11.9 Å². The van der Waals surface area contributed by atoms with E-state index in [1.54, 1.807) is 19.1 Å². The average Bonchev–Trinajstić information content (AvgIpc) is 2.89. The number of hydrogen-bond acceptors (Lipinski definition) is 6. The summed E-state index contributed by atoms with van der Waals surface area (Å²) in [7, 11) is 0. The molecule has 0 bridgehead atoms. The molecular weight excluding hydrogens is 330 g/mol. The standard InChI is InChI=1S/C13H14O5.C4H5NO2/c1-13(17)6-10(18-11(14)7-13)8-2-4-9(5-3-8)12(15)16;6-3-1-2-4(7)5-3/h2-5,10,17H,6-7H2,1H3,(H,15,16);1-2H2,(H,5,6,7). The Labute approximate surface area is 143 Å². The van der Waals surface area contributed by atoms with E-state index in [0.29, 0.717) is 24.8 Å². The maximum Gasteiger partial charge on any atom is 0.335 e. The minimum absolute atomic E-state index is 0.0172. The van der Waals surface area contributed by atoms with Crippen LogP contribution in [0.1, 0.15) is 54.6 Å². The smallest absolute Gasteiger partial charge is 0.335 e. The fourth-order valence-electron chi connectivity index (χ4n) is 2.56. The second-order valence-electron chi connectivity index (χ2n) is 6.25. The third kappa shape index (κ3) is 5.39. The summed E-state index contributed by atoms with van der Waals surface area (Å²) in [5, 5.41) is 20.8. The van der Waals surface area contributed by atoms with Crippen molar-refractivity contribution in [3.8, 4) is 0 Å². The largest absolute Gasteiger partial charge is 0.478 e. The molecular formula is C17H19NO7. The molecule has 3 rings (SSSR count). The Morgan fingerprint density at radius 3 is 2.12 bits per heavy atom. The predicted octanol–water partition coefficient (Wildman–Crippen LogP) is 0.937. The number of nitrogens with one attached hydrogen (secondary N) is 1. The number of rotatable bonds is 2. The fourth-order valence-corrected chi connectivity index (χ4v) is 2.56. The summed E-state index contributed by atoms with van der Waals surface area (Å²) in [6.45, 7) is 1.59. The van der Waals surface area contributed by atoms with Crippen LogP contribution in [0.4, 0.5) is 0 Å². The van der Waals surface area contributed by atoms with Gasteiger partial charge < -0.3 is 14.9 Å². The van der Waals surface area contributed by atoms with E-state index in [1.165, 1.54) is 12.1 Å². The number of aliphatic hydroxyl groups is 1. The summed E-state index contributed by atoms with van der Waals surface area (Å²) < 4.78 is 5.16. The molecule has 2 saturated heterocycles. The molecule has 0 radical (unpaired) electrons. The Morgan fingerprint density at radius 1 is 1.16 bits per heavy atom. The monoisotopic (exact) mass is 349 g/mol. The summed E-state index contributed by atoms with van der Waals surface area (Å²) in [6.07, 6.45) is 0.517. The van der Waals surface area contributed by atoms with Crippen LogP contribution in [0.2, 0.25) is 0 Å². The molecule has 2 aliphatic heterocycles. The van der Waals surface area contributed by atoms with Gasteiger partial charge in [-0.2, -0.15) is 0 Å². The van der Waals surface area contributed by atoms with Gasteiger partial charge in [-0.25, -0.2) is 4.79 Å². The maximum absolute atomic E-state index is 11.4. The number of aromatic carboxylic acids is 1. The van der Waals surface area contributed by atoms with Crippen molar-refractivity contribution in [2.75, 3.05) is 0 Å². The molecule has 25 heavy (non-hydrogen) atoms. The molecule has 8 heteroatoms. The number of carbonyl (C=O) groups is 4. The molecule has 2 heterocycles. The molecule has 3 N–H and O–H groups in total. The van der Waals surface area contributed by atoms with Crippen LogP contribution in [-0.4, -0.2) is 39.6 Å². The van der Waals surface area contributed by atoms with Gasteiger partial charge in [0.1, 0.15) is 6.10 Å². The Bertz CT molecular complexity index is 679. The second-order valence-corrected chi connectivity index (χ2v) is 6.25. The van der Waals surface area contributed by atoms with Gasteiger partial charge in [0.2, 0.25) is 11.8 Å². The number of carboxylic acid groups (broad SMARTS) is 1. The molecule has 0 aromatic heterocycles. The number of amides is 2. The van der Waals surface area contributed by atoms with Crippen LogP contribution in [0, 0.1) is 0 Å². The first-order valence-corrected chi connectivity index (χ1v) is 7.74. The van der Waals surface area contributed by atoms with Crippen LogP contribution in [0.5, 0.6) is 0 Å². The first-order valence-electron chi connectivity index (χ1n) is 7.74. The van der Waals surface area contributed by atoms with E-state index in [4.69, 9.17) is 9.84 Å². The van der Waals surface area contributed by atoms with E-state index in [1.807, 2.05) is 0 Å². The number of cyclic esters (lactones) is 1. The van der Waals surface area contributed by atoms with Crippen molar-refractivity contribution >= 4 is 23.8 Å². The van der Waals surface area contributed by atoms with Crippen molar-refractivity contribution < 1.29 is 34.1 Å². The van der Waals surface area contributed by atoms with Gasteiger partial charge in [-0.3, -0.25) is 19.7 Å². The number of esters is 1. The molecule has 2 unspecified atom stereocenters. The molecule has 2 aliphatic rings. The highest BCUT2D eigenvalue weighted by atomic mass is 16.5. The molecule has 2 amide bonds. The van der Waals surface area contributed by atoms with E-state index >= 15 is 0 Å². The average molecular weight is 349 g/mol. The first kappa shape index (κ1) is 18.6. The highest BCUT2D eigenvalue weighted by Crippen LogP contribution is 2.34. The number of benzene rings is 1. The SMILES string of the molecule is CC1(O)CC(=O)OC(c2ccc(C(=O)O)cc2)C1.O=C1CCC(=O)N1. The summed E-state index contributed by atoms with van der Waals surface area (Å²) in [6, 6.07) is 6.11. The molecule has 2 atom stereocenters. The maximum atomic E-state index is 11.4. The van der Waals surface area contributed by atoms with Crippen molar-refractivity contribution in [2.45, 2.75) is 44.3 Å². The lowest BCUT2D eigenvalue weighted by Crippen LogP contribution is -2.37. The van der Waals surface area contributed by atoms with Crippen molar-refractivity contribution in [1.29, 1.82) is 0 Å².